The number of nitrogens with zero attached hydrogens (tertiary/aromatic N) is 4. The Balaban J connectivity index is 1.42. The van der Waals surface area contributed by atoms with E-state index in [0.717, 1.165) is 55.5 Å². The van der Waals surface area contributed by atoms with E-state index in [1.807, 2.05) is 6.20 Å². The molecular weight excluding hydrogens is 366 g/mol. The van der Waals surface area contributed by atoms with Gasteiger partial charge in [-0.2, -0.15) is 0 Å². The minimum atomic E-state index is -0.357. The number of nitrogens with one attached hydrogen (secondary N) is 1. The van der Waals surface area contributed by atoms with Gasteiger partial charge in [0.1, 0.15) is 5.15 Å². The molecule has 2 N–H and O–H groups in total. The molecule has 0 unspecified atom stereocenters. The second-order valence-corrected chi connectivity index (χ2v) is 8.04. The van der Waals surface area contributed by atoms with E-state index in [4.69, 9.17) is 16.3 Å². The van der Waals surface area contributed by atoms with Crippen LogP contribution in [0.5, 0.6) is 0 Å². The normalized spacial score (nSPS) is 19.4. The number of hydrogen-bond acceptors (Lipinski definition) is 7. The van der Waals surface area contributed by atoms with E-state index in [1.165, 1.54) is 0 Å². The maximum Gasteiger partial charge on any atom is 0.131 e. The molecule has 2 aliphatic rings. The molecule has 2 fully saturated rings. The highest BCUT2D eigenvalue weighted by atomic mass is 35.5. The van der Waals surface area contributed by atoms with Gasteiger partial charge in [-0.3, -0.25) is 14.9 Å². The Morgan fingerprint density at radius 1 is 1.26 bits per heavy atom. The van der Waals surface area contributed by atoms with Gasteiger partial charge in [-0.25, -0.2) is 4.98 Å². The summed E-state index contributed by atoms with van der Waals surface area (Å²) in [5.74, 6) is 0. The third-order valence-corrected chi connectivity index (χ3v) is 5.26. The zero-order chi connectivity index (χ0) is 18.9. The fraction of sp³-hybridized carbons (Fsp3) is 0.526. The smallest absolute Gasteiger partial charge is 0.131 e. The lowest BCUT2D eigenvalue weighted by Crippen LogP contribution is -2.65. The van der Waals surface area contributed by atoms with E-state index >= 15 is 0 Å². The molecule has 2 aromatic rings. The lowest BCUT2D eigenvalue weighted by molar-refractivity contribution is -0.191. The SMILES string of the molecule is C[C@@H](O)CCNc1cc(Cl)ncc1-c1cnc(CN2CC3(COC3)C2)cn1. The molecule has 4 rings (SSSR count). The molecule has 0 radical (unpaired) electrons. The molecule has 0 amide bonds. The van der Waals surface area contributed by atoms with Crippen LogP contribution >= 0.6 is 11.6 Å². The van der Waals surface area contributed by atoms with Crippen molar-refractivity contribution in [2.75, 3.05) is 38.2 Å². The van der Waals surface area contributed by atoms with Crippen molar-refractivity contribution in [3.63, 3.8) is 0 Å². The van der Waals surface area contributed by atoms with Crippen molar-refractivity contribution in [3.8, 4) is 11.3 Å². The fourth-order valence-electron chi connectivity index (χ4n) is 3.59. The Morgan fingerprint density at radius 3 is 2.70 bits per heavy atom. The molecular formula is C19H24ClN5O2. The van der Waals surface area contributed by atoms with Gasteiger partial charge in [0.2, 0.25) is 0 Å². The van der Waals surface area contributed by atoms with Crippen molar-refractivity contribution in [2.45, 2.75) is 26.0 Å². The monoisotopic (exact) mass is 389 g/mol. The van der Waals surface area contributed by atoms with Crippen LogP contribution in [0, 0.1) is 5.41 Å². The van der Waals surface area contributed by atoms with E-state index in [1.54, 1.807) is 25.4 Å². The van der Waals surface area contributed by atoms with Crippen molar-refractivity contribution >= 4 is 17.3 Å². The highest BCUT2D eigenvalue weighted by Crippen LogP contribution is 2.38. The molecule has 8 heteroatoms. The molecule has 2 aromatic heterocycles. The first-order valence-corrected chi connectivity index (χ1v) is 9.60. The van der Waals surface area contributed by atoms with E-state index in [9.17, 15) is 5.11 Å². The first-order valence-electron chi connectivity index (χ1n) is 9.22. The molecule has 4 heterocycles. The van der Waals surface area contributed by atoms with Gasteiger partial charge >= 0.3 is 0 Å². The maximum absolute atomic E-state index is 9.44. The first kappa shape index (κ1) is 18.6. The number of anilines is 1. The predicted molar refractivity (Wildman–Crippen MR) is 104 cm³/mol. The highest BCUT2D eigenvalue weighted by molar-refractivity contribution is 6.29. The number of aliphatic hydroxyl groups excluding tert-OH is 1. The Morgan fingerprint density at radius 2 is 2.07 bits per heavy atom. The Hall–Kier alpha value is -1.80. The van der Waals surface area contributed by atoms with Crippen LogP contribution in [-0.4, -0.2) is 63.9 Å². The van der Waals surface area contributed by atoms with Gasteiger partial charge in [0.05, 0.1) is 43.1 Å². The van der Waals surface area contributed by atoms with Gasteiger partial charge in [-0.1, -0.05) is 11.6 Å². The fourth-order valence-corrected chi connectivity index (χ4v) is 3.75. The van der Waals surface area contributed by atoms with Crippen LogP contribution in [0.1, 0.15) is 19.0 Å². The summed E-state index contributed by atoms with van der Waals surface area (Å²) in [5, 5.41) is 13.1. The largest absolute Gasteiger partial charge is 0.393 e. The number of pyridine rings is 1. The first-order chi connectivity index (χ1) is 13.0. The number of aliphatic hydroxyl groups is 1. The van der Waals surface area contributed by atoms with Gasteiger partial charge in [-0.15, -0.1) is 0 Å². The molecule has 2 aliphatic heterocycles. The molecule has 0 bridgehead atoms. The summed E-state index contributed by atoms with van der Waals surface area (Å²) < 4.78 is 5.31. The highest BCUT2D eigenvalue weighted by Gasteiger charge is 2.48. The number of likely N-dealkylation sites (tertiary alicyclic amines) is 1. The van der Waals surface area contributed by atoms with Gasteiger partial charge in [0.25, 0.3) is 0 Å². The zero-order valence-corrected chi connectivity index (χ0v) is 16.1. The molecule has 1 atom stereocenters. The standard InChI is InChI=1S/C19H24ClN5O2/c1-13(26)2-3-21-16-4-18(20)24-6-15(16)17-7-22-14(5-23-17)8-25-9-19(10-25)11-27-12-19/h4-7,13,26H,2-3,8-12H2,1H3,(H,21,24)/t13-/m1/s1. The van der Waals surface area contributed by atoms with Crippen LogP contribution in [0.3, 0.4) is 0 Å². The van der Waals surface area contributed by atoms with Crippen molar-refractivity contribution in [1.82, 2.24) is 19.9 Å². The van der Waals surface area contributed by atoms with Gasteiger partial charge in [0.15, 0.2) is 0 Å². The van der Waals surface area contributed by atoms with Crippen molar-refractivity contribution < 1.29 is 9.84 Å². The molecule has 0 aliphatic carbocycles. The molecule has 7 nitrogen and oxygen atoms in total. The average molecular weight is 390 g/mol. The van der Waals surface area contributed by atoms with Crippen LogP contribution in [0.2, 0.25) is 5.15 Å². The van der Waals surface area contributed by atoms with Crippen LogP contribution in [0.25, 0.3) is 11.3 Å². The van der Waals surface area contributed by atoms with Gasteiger partial charge in [-0.05, 0) is 19.4 Å². The summed E-state index contributed by atoms with van der Waals surface area (Å²) in [4.78, 5) is 15.7. The number of ether oxygens (including phenoxy) is 1. The van der Waals surface area contributed by atoms with Crippen LogP contribution < -0.4 is 5.32 Å². The summed E-state index contributed by atoms with van der Waals surface area (Å²) in [5.41, 5.74) is 3.80. The molecule has 0 aromatic carbocycles. The lowest BCUT2D eigenvalue weighted by atomic mass is 9.78. The number of rotatable bonds is 7. The van der Waals surface area contributed by atoms with Gasteiger partial charge < -0.3 is 15.2 Å². The molecule has 1 spiro atoms. The summed E-state index contributed by atoms with van der Waals surface area (Å²) in [6.07, 6.45) is 5.59. The number of halogens is 1. The zero-order valence-electron chi connectivity index (χ0n) is 15.4. The Bertz CT molecular complexity index is 787. The summed E-state index contributed by atoms with van der Waals surface area (Å²) in [7, 11) is 0. The summed E-state index contributed by atoms with van der Waals surface area (Å²) in [6.45, 7) is 7.16. The number of hydrogen-bond donors (Lipinski definition) is 2. The van der Waals surface area contributed by atoms with Crippen molar-refractivity contribution in [2.24, 2.45) is 5.41 Å². The third-order valence-electron chi connectivity index (χ3n) is 5.05. The van der Waals surface area contributed by atoms with E-state index < -0.39 is 0 Å². The second-order valence-electron chi connectivity index (χ2n) is 7.65. The topological polar surface area (TPSA) is 83.4 Å². The van der Waals surface area contributed by atoms with Crippen LogP contribution in [-0.2, 0) is 11.3 Å². The third kappa shape index (κ3) is 4.21. The van der Waals surface area contributed by atoms with E-state index in [-0.39, 0.29) is 6.10 Å². The Labute approximate surface area is 163 Å². The second kappa shape index (κ2) is 7.67. The van der Waals surface area contributed by atoms with E-state index in [0.29, 0.717) is 23.5 Å². The van der Waals surface area contributed by atoms with E-state index in [2.05, 4.69) is 25.2 Å². The number of aromatic nitrogens is 3. The molecule has 0 saturated carbocycles. The quantitative estimate of drug-likeness (QED) is 0.702. The minimum absolute atomic E-state index is 0.357. The van der Waals surface area contributed by atoms with Gasteiger partial charge in [0, 0.05) is 49.0 Å². The maximum atomic E-state index is 9.44. The molecule has 27 heavy (non-hydrogen) atoms. The molecule has 2 saturated heterocycles. The molecule has 144 valence electrons. The van der Waals surface area contributed by atoms with Crippen molar-refractivity contribution in [3.05, 3.63) is 35.5 Å². The minimum Gasteiger partial charge on any atom is -0.393 e. The summed E-state index contributed by atoms with van der Waals surface area (Å²) in [6, 6.07) is 1.77. The average Bonchev–Trinajstić information content (AvgIpc) is 2.57. The predicted octanol–water partition coefficient (Wildman–Crippen LogP) is 2.21. The van der Waals surface area contributed by atoms with Crippen LogP contribution in [0.15, 0.2) is 24.7 Å². The lowest BCUT2D eigenvalue weighted by Gasteiger charge is -2.55. The van der Waals surface area contributed by atoms with Crippen molar-refractivity contribution in [1.29, 1.82) is 0 Å². The van der Waals surface area contributed by atoms with Crippen LogP contribution in [0.4, 0.5) is 5.69 Å². The Kier molecular flexibility index (Phi) is 5.27. The summed E-state index contributed by atoms with van der Waals surface area (Å²) >= 11 is 6.04.